The molecule has 0 atom stereocenters. The third-order valence-electron chi connectivity index (χ3n) is 4.00. The van der Waals surface area contributed by atoms with E-state index in [2.05, 4.69) is 15.2 Å². The normalized spacial score (nSPS) is 13.8. The molecule has 0 radical (unpaired) electrons. The average Bonchev–Trinajstić information content (AvgIpc) is 3.34. The minimum absolute atomic E-state index is 0.0390. The van der Waals surface area contributed by atoms with Gasteiger partial charge in [0.25, 0.3) is 0 Å². The molecule has 6 nitrogen and oxygen atoms in total. The Morgan fingerprint density at radius 3 is 2.83 bits per heavy atom. The van der Waals surface area contributed by atoms with Crippen molar-refractivity contribution in [3.8, 4) is 22.8 Å². The van der Waals surface area contributed by atoms with Crippen LogP contribution in [0.2, 0.25) is 0 Å². The van der Waals surface area contributed by atoms with E-state index in [4.69, 9.17) is 9.47 Å². The van der Waals surface area contributed by atoms with E-state index >= 15 is 0 Å². The maximum atomic E-state index is 12.1. The summed E-state index contributed by atoms with van der Waals surface area (Å²) in [6.45, 7) is 0.391. The van der Waals surface area contributed by atoms with Gasteiger partial charge in [0.2, 0.25) is 5.91 Å². The van der Waals surface area contributed by atoms with Crippen LogP contribution in [0.1, 0.15) is 12.8 Å². The predicted molar refractivity (Wildman–Crippen MR) is 94.9 cm³/mol. The molecule has 1 fully saturated rings. The maximum absolute atomic E-state index is 12.1. The number of rotatable bonds is 7. The number of benzene rings is 1. The third-order valence-corrected chi connectivity index (χ3v) is 4.75. The Morgan fingerprint density at radius 2 is 2.17 bits per heavy atom. The van der Waals surface area contributed by atoms with Crippen molar-refractivity contribution in [3.05, 3.63) is 23.6 Å². The van der Waals surface area contributed by atoms with Gasteiger partial charge in [0.1, 0.15) is 11.5 Å². The molecule has 24 heavy (non-hydrogen) atoms. The predicted octanol–water partition coefficient (Wildman–Crippen LogP) is 2.86. The summed E-state index contributed by atoms with van der Waals surface area (Å²) in [5, 5.41) is 5.35. The number of carbonyl (C=O) groups excluding carboxylic acids is 1. The van der Waals surface area contributed by atoms with Crippen molar-refractivity contribution in [2.75, 3.05) is 33.1 Å². The fourth-order valence-electron chi connectivity index (χ4n) is 2.50. The van der Waals surface area contributed by atoms with Crippen LogP contribution in [0.25, 0.3) is 11.3 Å². The van der Waals surface area contributed by atoms with Crippen molar-refractivity contribution in [1.82, 2.24) is 9.88 Å². The van der Waals surface area contributed by atoms with Gasteiger partial charge in [0, 0.05) is 17.0 Å². The quantitative estimate of drug-likeness (QED) is 0.834. The van der Waals surface area contributed by atoms with Gasteiger partial charge in [-0.2, -0.15) is 0 Å². The van der Waals surface area contributed by atoms with Crippen LogP contribution < -0.4 is 14.8 Å². The lowest BCUT2D eigenvalue weighted by Crippen LogP contribution is -2.31. The van der Waals surface area contributed by atoms with Crippen LogP contribution in [0, 0.1) is 0 Å². The summed E-state index contributed by atoms with van der Waals surface area (Å²) in [5.74, 6) is 1.41. The van der Waals surface area contributed by atoms with Crippen molar-refractivity contribution >= 4 is 22.4 Å². The molecule has 1 heterocycles. The first-order valence-corrected chi connectivity index (χ1v) is 8.66. The van der Waals surface area contributed by atoms with E-state index in [1.807, 2.05) is 30.6 Å². The van der Waals surface area contributed by atoms with Gasteiger partial charge in [0.05, 0.1) is 26.5 Å². The number of anilines is 1. The highest BCUT2D eigenvalue weighted by Gasteiger charge is 2.27. The van der Waals surface area contributed by atoms with Crippen molar-refractivity contribution in [2.24, 2.45) is 0 Å². The van der Waals surface area contributed by atoms with Gasteiger partial charge in [-0.1, -0.05) is 0 Å². The number of nitrogens with one attached hydrogen (secondary N) is 1. The SMILES string of the molecule is COc1ccc(OC)c(-c2csc(NC(=O)CN(C)C3CC3)n2)c1. The van der Waals surface area contributed by atoms with Crippen LogP contribution in [0.5, 0.6) is 11.5 Å². The molecule has 3 rings (SSSR count). The van der Waals surface area contributed by atoms with Crippen LogP contribution in [0.15, 0.2) is 23.6 Å². The van der Waals surface area contributed by atoms with Gasteiger partial charge in [-0.3, -0.25) is 9.69 Å². The van der Waals surface area contributed by atoms with Crippen LogP contribution in [0.3, 0.4) is 0 Å². The largest absolute Gasteiger partial charge is 0.497 e. The maximum Gasteiger partial charge on any atom is 0.240 e. The van der Waals surface area contributed by atoms with Gasteiger partial charge in [-0.05, 0) is 38.1 Å². The number of aromatic nitrogens is 1. The number of hydrogen-bond donors (Lipinski definition) is 1. The summed E-state index contributed by atoms with van der Waals surface area (Å²) >= 11 is 1.40. The Morgan fingerprint density at radius 1 is 1.38 bits per heavy atom. The molecule has 1 N–H and O–H groups in total. The van der Waals surface area contributed by atoms with Crippen LogP contribution >= 0.6 is 11.3 Å². The lowest BCUT2D eigenvalue weighted by atomic mass is 10.1. The van der Waals surface area contributed by atoms with Crippen LogP contribution in [0.4, 0.5) is 5.13 Å². The van der Waals surface area contributed by atoms with E-state index < -0.39 is 0 Å². The number of thiazole rings is 1. The van der Waals surface area contributed by atoms with E-state index in [0.29, 0.717) is 23.5 Å². The van der Waals surface area contributed by atoms with Gasteiger partial charge >= 0.3 is 0 Å². The zero-order chi connectivity index (χ0) is 17.1. The van der Waals surface area contributed by atoms with E-state index in [1.54, 1.807) is 14.2 Å². The molecule has 1 saturated carbocycles. The molecule has 1 aromatic heterocycles. The average molecular weight is 347 g/mol. The lowest BCUT2D eigenvalue weighted by Gasteiger charge is -2.14. The first-order valence-electron chi connectivity index (χ1n) is 7.78. The minimum atomic E-state index is -0.0390. The van der Waals surface area contributed by atoms with Crippen LogP contribution in [-0.4, -0.2) is 49.6 Å². The summed E-state index contributed by atoms with van der Waals surface area (Å²) in [5.41, 5.74) is 1.59. The summed E-state index contributed by atoms with van der Waals surface area (Å²) in [7, 11) is 5.22. The highest BCUT2D eigenvalue weighted by atomic mass is 32.1. The molecule has 0 bridgehead atoms. The van der Waals surface area contributed by atoms with E-state index in [-0.39, 0.29) is 5.91 Å². The number of amides is 1. The number of nitrogens with zero attached hydrogens (tertiary/aromatic N) is 2. The molecular weight excluding hydrogens is 326 g/mol. The van der Waals surface area contributed by atoms with Crippen LogP contribution in [-0.2, 0) is 4.79 Å². The fraction of sp³-hybridized carbons (Fsp3) is 0.412. The summed E-state index contributed by atoms with van der Waals surface area (Å²) in [4.78, 5) is 18.7. The third kappa shape index (κ3) is 3.85. The Labute approximate surface area is 145 Å². The Kier molecular flexibility index (Phi) is 5.01. The number of hydrogen-bond acceptors (Lipinski definition) is 6. The monoisotopic (exact) mass is 347 g/mol. The van der Waals surface area contributed by atoms with Gasteiger partial charge < -0.3 is 14.8 Å². The molecule has 0 unspecified atom stereocenters. The Balaban J connectivity index is 1.72. The molecule has 1 aromatic carbocycles. The topological polar surface area (TPSA) is 63.7 Å². The second-order valence-electron chi connectivity index (χ2n) is 5.80. The van der Waals surface area contributed by atoms with Gasteiger partial charge in [-0.15, -0.1) is 11.3 Å². The molecule has 1 aliphatic carbocycles. The second-order valence-corrected chi connectivity index (χ2v) is 6.66. The highest BCUT2D eigenvalue weighted by molar-refractivity contribution is 7.14. The molecule has 128 valence electrons. The number of ether oxygens (including phenoxy) is 2. The number of likely N-dealkylation sites (N-methyl/N-ethyl adjacent to an activating group) is 1. The minimum Gasteiger partial charge on any atom is -0.497 e. The van der Waals surface area contributed by atoms with Crippen molar-refractivity contribution < 1.29 is 14.3 Å². The van der Waals surface area contributed by atoms with E-state index in [0.717, 1.165) is 17.0 Å². The number of methoxy groups -OCH3 is 2. The summed E-state index contributed by atoms with van der Waals surface area (Å²) in [6.07, 6.45) is 2.36. The van der Waals surface area contributed by atoms with E-state index in [9.17, 15) is 4.79 Å². The molecular formula is C17H21N3O3S. The van der Waals surface area contributed by atoms with Gasteiger partial charge in [0.15, 0.2) is 5.13 Å². The smallest absolute Gasteiger partial charge is 0.240 e. The molecule has 1 aliphatic rings. The highest BCUT2D eigenvalue weighted by Crippen LogP contribution is 2.35. The lowest BCUT2D eigenvalue weighted by molar-refractivity contribution is -0.117. The van der Waals surface area contributed by atoms with Gasteiger partial charge in [-0.25, -0.2) is 4.98 Å². The van der Waals surface area contributed by atoms with E-state index in [1.165, 1.54) is 24.2 Å². The Hall–Kier alpha value is -2.12. The molecule has 2 aromatic rings. The zero-order valence-corrected chi connectivity index (χ0v) is 14.9. The second kappa shape index (κ2) is 7.19. The zero-order valence-electron chi connectivity index (χ0n) is 14.0. The molecule has 1 amide bonds. The molecule has 0 saturated heterocycles. The first kappa shape index (κ1) is 16.7. The fourth-order valence-corrected chi connectivity index (χ4v) is 3.23. The van der Waals surface area contributed by atoms with Crippen molar-refractivity contribution in [3.63, 3.8) is 0 Å². The molecule has 7 heteroatoms. The standard InChI is InChI=1S/C17H21N3O3S/c1-20(11-4-5-11)9-16(21)19-17-18-14(10-24-17)13-8-12(22-2)6-7-15(13)23-3/h6-8,10-11H,4-5,9H2,1-3H3,(H,18,19,21). The summed E-state index contributed by atoms with van der Waals surface area (Å²) in [6, 6.07) is 6.12. The Bertz CT molecular complexity index is 728. The van der Waals surface area contributed by atoms with Crippen molar-refractivity contribution in [1.29, 1.82) is 0 Å². The summed E-state index contributed by atoms with van der Waals surface area (Å²) < 4.78 is 10.7. The van der Waals surface area contributed by atoms with Crippen molar-refractivity contribution in [2.45, 2.75) is 18.9 Å². The molecule has 0 spiro atoms. The number of carbonyl (C=O) groups is 1. The first-order chi connectivity index (χ1) is 11.6. The molecule has 0 aliphatic heterocycles.